The van der Waals surface area contributed by atoms with Crippen LogP contribution in [0.15, 0.2) is 17.6 Å². The van der Waals surface area contributed by atoms with E-state index < -0.39 is 0 Å². The van der Waals surface area contributed by atoms with Gasteiger partial charge in [-0.2, -0.15) is 0 Å². The third kappa shape index (κ3) is 3.23. The van der Waals surface area contributed by atoms with Gasteiger partial charge in [-0.1, -0.05) is 0 Å². The Hall–Kier alpha value is -2.06. The largest absolute Gasteiger partial charge is 0.340 e. The number of carbonyl (C=O) groups is 1. The first kappa shape index (κ1) is 14.9. The number of nitrogens with one attached hydrogen (secondary N) is 2. The Kier molecular flexibility index (Phi) is 4.30. The Bertz CT molecular complexity index is 653. The van der Waals surface area contributed by atoms with Gasteiger partial charge < -0.3 is 15.5 Å². The van der Waals surface area contributed by atoms with Crippen LogP contribution in [-0.2, 0) is 4.79 Å². The summed E-state index contributed by atoms with van der Waals surface area (Å²) in [6.07, 6.45) is 1.75. The number of aromatic nitrogens is 3. The number of thiazole rings is 1. The minimum absolute atomic E-state index is 0.130. The van der Waals surface area contributed by atoms with Gasteiger partial charge >= 0.3 is 0 Å². The lowest BCUT2D eigenvalue weighted by molar-refractivity contribution is -0.134. The van der Waals surface area contributed by atoms with E-state index in [0.717, 1.165) is 22.5 Å². The number of rotatable bonds is 5. The molecule has 3 heterocycles. The maximum atomic E-state index is 11.8. The molecule has 7 nitrogen and oxygen atoms in total. The summed E-state index contributed by atoms with van der Waals surface area (Å²) in [5, 5.41) is 8.79. The van der Waals surface area contributed by atoms with Gasteiger partial charge in [0, 0.05) is 36.7 Å². The highest BCUT2D eigenvalue weighted by Crippen LogP contribution is 2.27. The summed E-state index contributed by atoms with van der Waals surface area (Å²) in [6, 6.07) is 1.94. The molecule has 0 saturated carbocycles. The molecule has 22 heavy (non-hydrogen) atoms. The van der Waals surface area contributed by atoms with E-state index >= 15 is 0 Å². The molecule has 1 aliphatic heterocycles. The summed E-state index contributed by atoms with van der Waals surface area (Å²) in [6.45, 7) is 3.69. The van der Waals surface area contributed by atoms with E-state index in [0.29, 0.717) is 19.6 Å². The molecule has 2 aromatic heterocycles. The second-order valence-electron chi connectivity index (χ2n) is 5.21. The molecule has 2 N–H and O–H groups in total. The van der Waals surface area contributed by atoms with Crippen LogP contribution in [-0.4, -0.2) is 52.4 Å². The summed E-state index contributed by atoms with van der Waals surface area (Å²) < 4.78 is 0. The van der Waals surface area contributed by atoms with Crippen molar-refractivity contribution >= 4 is 28.2 Å². The van der Waals surface area contributed by atoms with Crippen molar-refractivity contribution in [3.63, 3.8) is 0 Å². The monoisotopic (exact) mass is 318 g/mol. The van der Waals surface area contributed by atoms with Crippen molar-refractivity contribution in [1.82, 2.24) is 25.2 Å². The van der Waals surface area contributed by atoms with Crippen LogP contribution in [0.2, 0.25) is 0 Å². The highest BCUT2D eigenvalue weighted by Gasteiger charge is 2.32. The predicted octanol–water partition coefficient (Wildman–Crippen LogP) is 1.13. The molecule has 0 aliphatic carbocycles. The molecular weight excluding hydrogens is 300 g/mol. The van der Waals surface area contributed by atoms with Gasteiger partial charge in [0.25, 0.3) is 0 Å². The topological polar surface area (TPSA) is 83.0 Å². The molecule has 8 heteroatoms. The molecule has 0 spiro atoms. The Labute approximate surface area is 132 Å². The Morgan fingerprint density at radius 1 is 1.45 bits per heavy atom. The van der Waals surface area contributed by atoms with Crippen LogP contribution >= 0.6 is 11.3 Å². The molecule has 2 aromatic rings. The van der Waals surface area contributed by atoms with E-state index in [1.54, 1.807) is 13.2 Å². The fourth-order valence-electron chi connectivity index (χ4n) is 2.39. The molecule has 116 valence electrons. The summed E-state index contributed by atoms with van der Waals surface area (Å²) in [5.41, 5.74) is 0.972. The van der Waals surface area contributed by atoms with Crippen LogP contribution in [0.5, 0.6) is 0 Å². The lowest BCUT2D eigenvalue weighted by atomic mass is 9.95. The molecule has 1 saturated heterocycles. The second-order valence-corrected chi connectivity index (χ2v) is 6.11. The second kappa shape index (κ2) is 6.37. The third-order valence-corrected chi connectivity index (χ3v) is 4.19. The van der Waals surface area contributed by atoms with Gasteiger partial charge in [-0.15, -0.1) is 11.3 Å². The van der Waals surface area contributed by atoms with Crippen LogP contribution < -0.4 is 10.6 Å². The average Bonchev–Trinajstić information content (AvgIpc) is 2.89. The van der Waals surface area contributed by atoms with Crippen molar-refractivity contribution in [2.24, 2.45) is 0 Å². The van der Waals surface area contributed by atoms with Gasteiger partial charge in [0.2, 0.25) is 5.91 Å². The van der Waals surface area contributed by atoms with E-state index in [4.69, 9.17) is 0 Å². The first-order valence-electron chi connectivity index (χ1n) is 7.10. The van der Waals surface area contributed by atoms with Crippen molar-refractivity contribution in [2.75, 3.05) is 32.0 Å². The molecule has 0 aromatic carbocycles. The van der Waals surface area contributed by atoms with Gasteiger partial charge in [0.15, 0.2) is 5.13 Å². The molecule has 1 fully saturated rings. The lowest BCUT2D eigenvalue weighted by Gasteiger charge is -2.39. The van der Waals surface area contributed by atoms with Crippen LogP contribution in [0.3, 0.4) is 0 Å². The fraction of sp³-hybridized carbons (Fsp3) is 0.429. The average molecular weight is 318 g/mol. The molecule has 0 atom stereocenters. The van der Waals surface area contributed by atoms with E-state index in [2.05, 4.69) is 25.6 Å². The first-order chi connectivity index (χ1) is 10.7. The quantitative estimate of drug-likeness (QED) is 0.860. The summed E-state index contributed by atoms with van der Waals surface area (Å²) in [5.74, 6) is 1.87. The van der Waals surface area contributed by atoms with Crippen LogP contribution in [0, 0.1) is 6.92 Å². The molecule has 0 unspecified atom stereocenters. The predicted molar refractivity (Wildman–Crippen MR) is 85.4 cm³/mol. The van der Waals surface area contributed by atoms with E-state index in [9.17, 15) is 4.79 Å². The normalized spacial score (nSPS) is 14.7. The smallest absolute Gasteiger partial charge is 0.236 e. The highest BCUT2D eigenvalue weighted by molar-refractivity contribution is 7.13. The van der Waals surface area contributed by atoms with Gasteiger partial charge in [-0.05, 0) is 14.0 Å². The number of likely N-dealkylation sites (tertiary alicyclic amines) is 1. The number of hydrogen-bond donors (Lipinski definition) is 2. The van der Waals surface area contributed by atoms with Crippen molar-refractivity contribution in [2.45, 2.75) is 12.8 Å². The molecule has 0 bridgehead atoms. The van der Waals surface area contributed by atoms with E-state index in [-0.39, 0.29) is 11.8 Å². The third-order valence-electron chi connectivity index (χ3n) is 3.51. The molecule has 1 amide bonds. The lowest BCUT2D eigenvalue weighted by Crippen LogP contribution is -2.51. The Morgan fingerprint density at radius 3 is 2.95 bits per heavy atom. The van der Waals surface area contributed by atoms with Gasteiger partial charge in [-0.3, -0.25) is 4.79 Å². The van der Waals surface area contributed by atoms with Crippen molar-refractivity contribution in [3.8, 4) is 0 Å². The highest BCUT2D eigenvalue weighted by atomic mass is 32.1. The number of likely N-dealkylation sites (N-methyl/N-ethyl adjacent to an activating group) is 1. The molecule has 1 aliphatic rings. The molecule has 3 rings (SSSR count). The number of anilines is 2. The number of hydrogen-bond acceptors (Lipinski definition) is 7. The zero-order chi connectivity index (χ0) is 15.5. The first-order valence-corrected chi connectivity index (χ1v) is 7.98. The summed E-state index contributed by atoms with van der Waals surface area (Å²) >= 11 is 1.52. The minimum Gasteiger partial charge on any atom is -0.340 e. The standard InChI is InChI=1S/C14H18N6OS/c1-9-17-11(10-7-20(8-10)13(21)6-15-2)5-12(18-9)19-14-16-3-4-22-14/h3-5,10,15H,6-8H2,1-2H3,(H,16,17,18,19). The SMILES string of the molecule is CNCC(=O)N1CC(c2cc(Nc3nccs3)nc(C)n2)C1. The summed E-state index contributed by atoms with van der Waals surface area (Å²) in [7, 11) is 1.78. The number of carbonyl (C=O) groups excluding carboxylic acids is 1. The zero-order valence-corrected chi connectivity index (χ0v) is 13.4. The van der Waals surface area contributed by atoms with Gasteiger partial charge in [-0.25, -0.2) is 15.0 Å². The molecular formula is C14H18N6OS. The van der Waals surface area contributed by atoms with Crippen LogP contribution in [0.1, 0.15) is 17.4 Å². The maximum absolute atomic E-state index is 11.8. The Balaban J connectivity index is 1.67. The van der Waals surface area contributed by atoms with Crippen molar-refractivity contribution in [3.05, 3.63) is 29.2 Å². The fourth-order valence-corrected chi connectivity index (χ4v) is 2.93. The number of aryl methyl sites for hydroxylation is 1. The Morgan fingerprint density at radius 2 is 2.27 bits per heavy atom. The van der Waals surface area contributed by atoms with Crippen molar-refractivity contribution < 1.29 is 4.79 Å². The van der Waals surface area contributed by atoms with Gasteiger partial charge in [0.05, 0.1) is 12.2 Å². The zero-order valence-electron chi connectivity index (χ0n) is 12.5. The van der Waals surface area contributed by atoms with Crippen molar-refractivity contribution in [1.29, 1.82) is 0 Å². The van der Waals surface area contributed by atoms with E-state index in [1.165, 1.54) is 11.3 Å². The minimum atomic E-state index is 0.130. The van der Waals surface area contributed by atoms with Crippen LogP contribution in [0.4, 0.5) is 10.9 Å². The number of amides is 1. The maximum Gasteiger partial charge on any atom is 0.236 e. The summed E-state index contributed by atoms with van der Waals surface area (Å²) in [4.78, 5) is 26.7. The number of nitrogens with zero attached hydrogens (tertiary/aromatic N) is 4. The van der Waals surface area contributed by atoms with Gasteiger partial charge in [0.1, 0.15) is 11.6 Å². The van der Waals surface area contributed by atoms with E-state index in [1.807, 2.05) is 23.3 Å². The molecule has 0 radical (unpaired) electrons. The van der Waals surface area contributed by atoms with Crippen LogP contribution in [0.25, 0.3) is 0 Å².